The molecule has 0 bridgehead atoms. The molecule has 0 unspecified atom stereocenters. The van der Waals surface area contributed by atoms with Gasteiger partial charge in [0.1, 0.15) is 5.69 Å². The number of nitro benzene ring substituents is 1. The van der Waals surface area contributed by atoms with E-state index in [0.717, 1.165) is 10.5 Å². The fourth-order valence-electron chi connectivity index (χ4n) is 4.05. The van der Waals surface area contributed by atoms with Crippen LogP contribution in [-0.2, 0) is 16.0 Å². The Kier molecular flexibility index (Phi) is 5.55. The quantitative estimate of drug-likeness (QED) is 0.321. The molecule has 8 heteroatoms. The number of nitrogens with one attached hydrogen (secondary N) is 1. The molecule has 1 heterocycles. The number of fused-ring (bicyclic) bond motifs is 1. The van der Waals surface area contributed by atoms with Crippen LogP contribution in [0.25, 0.3) is 0 Å². The van der Waals surface area contributed by atoms with E-state index in [9.17, 15) is 19.7 Å². The standard InChI is InChI=1S/C22H20ClN3O4/c23-18-8-4-1-5-14(18)11-12-24-19-10-9-15(13-20(19)26(29)30)25-21(27)16-6-2-3-7-17(16)22(25)28/h1-5,8-10,13,16-17,24H,6-7,11-12H2/t16-,17-/m1/s1. The molecule has 154 valence electrons. The first-order valence-electron chi connectivity index (χ1n) is 9.76. The minimum absolute atomic E-state index is 0.180. The van der Waals surface area contributed by atoms with E-state index in [-0.39, 0.29) is 35.0 Å². The Hall–Kier alpha value is -3.19. The first-order chi connectivity index (χ1) is 14.5. The molecule has 2 amide bonds. The summed E-state index contributed by atoms with van der Waals surface area (Å²) < 4.78 is 0. The third-order valence-electron chi connectivity index (χ3n) is 5.61. The van der Waals surface area contributed by atoms with Crippen molar-refractivity contribution in [3.05, 3.63) is 75.3 Å². The first kappa shape index (κ1) is 20.1. The monoisotopic (exact) mass is 425 g/mol. The van der Waals surface area contributed by atoms with Gasteiger partial charge < -0.3 is 5.32 Å². The number of allylic oxidation sites excluding steroid dienone is 2. The van der Waals surface area contributed by atoms with Crippen molar-refractivity contribution in [2.75, 3.05) is 16.8 Å². The van der Waals surface area contributed by atoms with Crippen LogP contribution in [0.3, 0.4) is 0 Å². The van der Waals surface area contributed by atoms with Crippen LogP contribution in [0.2, 0.25) is 5.02 Å². The molecule has 0 spiro atoms. The van der Waals surface area contributed by atoms with Crippen molar-refractivity contribution in [3.8, 4) is 0 Å². The van der Waals surface area contributed by atoms with Crippen molar-refractivity contribution < 1.29 is 14.5 Å². The highest BCUT2D eigenvalue weighted by molar-refractivity contribution is 6.31. The van der Waals surface area contributed by atoms with Crippen LogP contribution >= 0.6 is 11.6 Å². The predicted molar refractivity (Wildman–Crippen MR) is 115 cm³/mol. The summed E-state index contributed by atoms with van der Waals surface area (Å²) in [5.41, 5.74) is 1.33. The van der Waals surface area contributed by atoms with Gasteiger partial charge in [-0.15, -0.1) is 0 Å². The lowest BCUT2D eigenvalue weighted by molar-refractivity contribution is -0.383. The topological polar surface area (TPSA) is 92.6 Å². The zero-order valence-electron chi connectivity index (χ0n) is 16.1. The van der Waals surface area contributed by atoms with Crippen LogP contribution in [0.15, 0.2) is 54.6 Å². The van der Waals surface area contributed by atoms with Gasteiger partial charge >= 0.3 is 0 Å². The summed E-state index contributed by atoms with van der Waals surface area (Å²) in [6.07, 6.45) is 5.46. The van der Waals surface area contributed by atoms with Crippen LogP contribution in [0, 0.1) is 22.0 Å². The lowest BCUT2D eigenvalue weighted by Gasteiger charge is -2.16. The van der Waals surface area contributed by atoms with E-state index in [1.54, 1.807) is 18.2 Å². The average Bonchev–Trinajstić information content (AvgIpc) is 3.00. The van der Waals surface area contributed by atoms with Gasteiger partial charge in [-0.1, -0.05) is 42.0 Å². The maximum Gasteiger partial charge on any atom is 0.294 e. The highest BCUT2D eigenvalue weighted by atomic mass is 35.5. The van der Waals surface area contributed by atoms with Crippen LogP contribution in [0.5, 0.6) is 0 Å². The van der Waals surface area contributed by atoms with Crippen LogP contribution < -0.4 is 10.2 Å². The Morgan fingerprint density at radius 2 is 1.73 bits per heavy atom. The number of nitro groups is 1. The fourth-order valence-corrected chi connectivity index (χ4v) is 4.28. The van der Waals surface area contributed by atoms with E-state index in [1.807, 2.05) is 30.4 Å². The van der Waals surface area contributed by atoms with E-state index < -0.39 is 4.92 Å². The minimum atomic E-state index is -0.513. The van der Waals surface area contributed by atoms with Gasteiger partial charge in [0, 0.05) is 17.6 Å². The molecule has 2 aliphatic rings. The van der Waals surface area contributed by atoms with Crippen molar-refractivity contribution in [1.29, 1.82) is 0 Å². The summed E-state index contributed by atoms with van der Waals surface area (Å²) in [5.74, 6) is -1.34. The van der Waals surface area contributed by atoms with E-state index in [0.29, 0.717) is 36.5 Å². The van der Waals surface area contributed by atoms with Gasteiger partial charge in [0.05, 0.1) is 22.4 Å². The third-order valence-corrected chi connectivity index (χ3v) is 5.98. The molecule has 1 saturated heterocycles. The molecule has 1 N–H and O–H groups in total. The van der Waals surface area contributed by atoms with Gasteiger partial charge in [-0.25, -0.2) is 4.90 Å². The normalized spacial score (nSPS) is 20.4. The van der Waals surface area contributed by atoms with E-state index in [4.69, 9.17) is 11.6 Å². The Morgan fingerprint density at radius 1 is 1.07 bits per heavy atom. The van der Waals surface area contributed by atoms with Crippen molar-refractivity contribution in [3.63, 3.8) is 0 Å². The molecular formula is C22H20ClN3O4. The Balaban J connectivity index is 1.54. The maximum atomic E-state index is 12.8. The lowest BCUT2D eigenvalue weighted by atomic mass is 9.85. The number of amides is 2. The van der Waals surface area contributed by atoms with E-state index in [2.05, 4.69) is 5.32 Å². The predicted octanol–water partition coefficient (Wildman–Crippen LogP) is 4.36. The zero-order chi connectivity index (χ0) is 21.3. The van der Waals surface area contributed by atoms with Crippen molar-refractivity contribution in [2.24, 2.45) is 11.8 Å². The van der Waals surface area contributed by atoms with Gasteiger partial charge in [-0.3, -0.25) is 19.7 Å². The molecule has 7 nitrogen and oxygen atoms in total. The molecule has 0 aromatic heterocycles. The van der Waals surface area contributed by atoms with E-state index in [1.165, 1.54) is 6.07 Å². The van der Waals surface area contributed by atoms with Gasteiger partial charge in [0.25, 0.3) is 5.69 Å². The van der Waals surface area contributed by atoms with Crippen molar-refractivity contribution in [1.82, 2.24) is 0 Å². The highest BCUT2D eigenvalue weighted by Crippen LogP contribution is 2.39. The Bertz CT molecular complexity index is 1030. The number of hydrogen-bond acceptors (Lipinski definition) is 5. The molecule has 1 aliphatic heterocycles. The first-order valence-corrected chi connectivity index (χ1v) is 10.1. The summed E-state index contributed by atoms with van der Waals surface area (Å²) in [7, 11) is 0. The smallest absolute Gasteiger partial charge is 0.294 e. The fraction of sp³-hybridized carbons (Fsp3) is 0.273. The number of rotatable bonds is 6. The number of nitrogens with zero attached hydrogens (tertiary/aromatic N) is 2. The molecule has 4 rings (SSSR count). The number of benzene rings is 2. The molecule has 2 aromatic rings. The average molecular weight is 426 g/mol. The molecule has 2 atom stereocenters. The second-order valence-electron chi connectivity index (χ2n) is 7.39. The Morgan fingerprint density at radius 3 is 2.37 bits per heavy atom. The van der Waals surface area contributed by atoms with Gasteiger partial charge in [-0.2, -0.15) is 0 Å². The Labute approximate surface area is 178 Å². The molecule has 2 aromatic carbocycles. The number of carbonyl (C=O) groups excluding carboxylic acids is 2. The van der Waals surface area contributed by atoms with Crippen molar-refractivity contribution >= 4 is 40.5 Å². The van der Waals surface area contributed by atoms with Crippen LogP contribution in [0.1, 0.15) is 18.4 Å². The molecule has 1 fully saturated rings. The van der Waals surface area contributed by atoms with E-state index >= 15 is 0 Å². The number of halogens is 1. The summed E-state index contributed by atoms with van der Waals surface area (Å²) in [6.45, 7) is 0.446. The number of carbonyl (C=O) groups is 2. The summed E-state index contributed by atoms with van der Waals surface area (Å²) in [5, 5.41) is 15.3. The summed E-state index contributed by atoms with van der Waals surface area (Å²) in [4.78, 5) is 37.7. The second kappa shape index (κ2) is 8.28. The van der Waals surface area contributed by atoms with Gasteiger partial charge in [-0.05, 0) is 43.0 Å². The molecule has 30 heavy (non-hydrogen) atoms. The minimum Gasteiger partial charge on any atom is -0.379 e. The molecule has 1 aliphatic carbocycles. The number of imide groups is 1. The lowest BCUT2D eigenvalue weighted by Crippen LogP contribution is -2.30. The van der Waals surface area contributed by atoms with Gasteiger partial charge in [0.15, 0.2) is 0 Å². The number of anilines is 2. The SMILES string of the molecule is O=C1[C@@H]2CC=CC[C@H]2C(=O)N1c1ccc(NCCc2ccccc2Cl)c([N+](=O)[O-])c1. The second-order valence-corrected chi connectivity index (χ2v) is 7.80. The van der Waals surface area contributed by atoms with Crippen LogP contribution in [-0.4, -0.2) is 23.3 Å². The van der Waals surface area contributed by atoms with Gasteiger partial charge in [0.2, 0.25) is 11.8 Å². The highest BCUT2D eigenvalue weighted by Gasteiger charge is 2.48. The largest absolute Gasteiger partial charge is 0.379 e. The molecule has 0 saturated carbocycles. The molecular weight excluding hydrogens is 406 g/mol. The molecule has 0 radical (unpaired) electrons. The summed E-state index contributed by atoms with van der Waals surface area (Å²) >= 11 is 6.15. The van der Waals surface area contributed by atoms with Crippen molar-refractivity contribution in [2.45, 2.75) is 19.3 Å². The third kappa shape index (κ3) is 3.68. The zero-order valence-corrected chi connectivity index (χ0v) is 16.8. The van der Waals surface area contributed by atoms with Crippen LogP contribution in [0.4, 0.5) is 17.1 Å². The maximum absolute atomic E-state index is 12.8. The number of hydrogen-bond donors (Lipinski definition) is 1. The summed E-state index contributed by atoms with van der Waals surface area (Å²) in [6, 6.07) is 11.8.